The predicted octanol–water partition coefficient (Wildman–Crippen LogP) is 3.37. The number of fused-ring (bicyclic) bond motifs is 1. The molecule has 0 unspecified atom stereocenters. The van der Waals surface area contributed by atoms with Crippen LogP contribution in [0.4, 0.5) is 9.18 Å². The lowest BCUT2D eigenvalue weighted by molar-refractivity contribution is 0.240. The minimum absolute atomic E-state index is 0.0101. The summed E-state index contributed by atoms with van der Waals surface area (Å²) in [6.07, 6.45) is 0. The van der Waals surface area contributed by atoms with E-state index in [2.05, 4.69) is 4.98 Å². The monoisotopic (exact) mass is 478 g/mol. The molecule has 8 nitrogen and oxygen atoms in total. The lowest BCUT2D eigenvalue weighted by atomic mass is 10.2. The number of hydrogen-bond acceptors (Lipinski definition) is 6. The summed E-state index contributed by atoms with van der Waals surface area (Å²) in [6.45, 7) is 0. The van der Waals surface area contributed by atoms with Gasteiger partial charge in [-0.05, 0) is 24.3 Å². The fourth-order valence-corrected chi connectivity index (χ4v) is 5.10. The van der Waals surface area contributed by atoms with Crippen LogP contribution in [0.5, 0.6) is 0 Å². The van der Waals surface area contributed by atoms with Crippen LogP contribution >= 0.6 is 22.9 Å². The molecule has 0 fully saturated rings. The summed E-state index contributed by atoms with van der Waals surface area (Å²) in [4.78, 5) is 32.1. The minimum Gasteiger partial charge on any atom is -0.268 e. The van der Waals surface area contributed by atoms with Crippen LogP contribution in [0.2, 0.25) is 4.34 Å². The molecule has 0 aliphatic carbocycles. The predicted molar refractivity (Wildman–Crippen MR) is 115 cm³/mol. The maximum absolute atomic E-state index is 13.7. The highest BCUT2D eigenvalue weighted by Gasteiger charge is 2.22. The Hall–Kier alpha value is -3.12. The normalized spacial score (nSPS) is 11.5. The number of rotatable bonds is 4. The lowest BCUT2D eigenvalue weighted by Gasteiger charge is -2.14. The Bertz CT molecular complexity index is 1470. The third-order valence-electron chi connectivity index (χ3n) is 4.17. The van der Waals surface area contributed by atoms with Crippen LogP contribution in [0, 0.1) is 5.82 Å². The van der Waals surface area contributed by atoms with Crippen LogP contribution in [0.1, 0.15) is 0 Å². The van der Waals surface area contributed by atoms with Crippen molar-refractivity contribution in [2.24, 2.45) is 0 Å². The maximum atomic E-state index is 13.7. The van der Waals surface area contributed by atoms with Crippen molar-refractivity contribution in [2.45, 2.75) is 4.21 Å². The molecule has 0 radical (unpaired) electrons. The molecule has 2 N–H and O–H groups in total. The van der Waals surface area contributed by atoms with Crippen molar-refractivity contribution < 1.29 is 17.6 Å². The first-order valence-electron chi connectivity index (χ1n) is 8.61. The van der Waals surface area contributed by atoms with Gasteiger partial charge in [0.1, 0.15) is 10.0 Å². The van der Waals surface area contributed by atoms with Crippen LogP contribution in [-0.2, 0) is 10.0 Å². The molecule has 0 bridgehead atoms. The fourth-order valence-electron chi connectivity index (χ4n) is 2.79. The van der Waals surface area contributed by atoms with E-state index in [0.29, 0.717) is 10.1 Å². The van der Waals surface area contributed by atoms with Gasteiger partial charge in [0.15, 0.2) is 5.82 Å². The summed E-state index contributed by atoms with van der Waals surface area (Å²) in [5.74, 6) is -0.678. The number of carbonyl (C=O) groups is 1. The Morgan fingerprint density at radius 2 is 1.84 bits per heavy atom. The number of benzene rings is 2. The molecular formula is C19H12ClFN4O4S2. The molecule has 1 amide bonds. The molecule has 12 heteroatoms. The number of hydrogen-bond donors (Lipinski definition) is 2. The first-order chi connectivity index (χ1) is 14.8. The van der Waals surface area contributed by atoms with Crippen molar-refractivity contribution in [1.29, 1.82) is 0 Å². The third-order valence-corrected chi connectivity index (χ3v) is 7.14. The molecule has 2 aromatic heterocycles. The number of nitrogens with one attached hydrogen (secondary N) is 2. The zero-order valence-corrected chi connectivity index (χ0v) is 17.8. The molecule has 4 aromatic rings. The Morgan fingerprint density at radius 3 is 2.52 bits per heavy atom. The Balaban J connectivity index is 1.78. The molecule has 0 saturated carbocycles. The number of aromatic nitrogens is 2. The van der Waals surface area contributed by atoms with Crippen molar-refractivity contribution in [3.8, 4) is 11.4 Å². The number of nitrogens with zero attached hydrogens (tertiary/aromatic N) is 2. The summed E-state index contributed by atoms with van der Waals surface area (Å²) in [6, 6.07) is 13.2. The number of carbonyl (C=O) groups excluding carboxylic acids is 1. The molecule has 0 spiro atoms. The van der Waals surface area contributed by atoms with Gasteiger partial charge in [0.05, 0.1) is 15.2 Å². The highest BCUT2D eigenvalue weighted by molar-refractivity contribution is 7.91. The smallest absolute Gasteiger partial charge is 0.268 e. The van der Waals surface area contributed by atoms with E-state index in [9.17, 15) is 22.4 Å². The quantitative estimate of drug-likeness (QED) is 0.437. The van der Waals surface area contributed by atoms with Gasteiger partial charge in [-0.3, -0.25) is 10.2 Å². The van der Waals surface area contributed by atoms with Gasteiger partial charge < -0.3 is 0 Å². The zero-order chi connectivity index (χ0) is 22.2. The molecule has 31 heavy (non-hydrogen) atoms. The number of hydrazine groups is 1. The van der Waals surface area contributed by atoms with Crippen molar-refractivity contribution in [3.63, 3.8) is 0 Å². The molecular weight excluding hydrogens is 467 g/mol. The summed E-state index contributed by atoms with van der Waals surface area (Å²) in [5.41, 5.74) is 1.67. The van der Waals surface area contributed by atoms with Crippen LogP contribution in [-0.4, -0.2) is 24.0 Å². The van der Waals surface area contributed by atoms with Gasteiger partial charge in [0.2, 0.25) is 0 Å². The Labute approximate surface area is 184 Å². The molecule has 0 atom stereocenters. The largest absolute Gasteiger partial charge is 0.345 e. The molecule has 2 heterocycles. The van der Waals surface area contributed by atoms with E-state index < -0.39 is 27.4 Å². The van der Waals surface area contributed by atoms with Crippen LogP contribution in [0.25, 0.3) is 22.3 Å². The van der Waals surface area contributed by atoms with Gasteiger partial charge in [-0.1, -0.05) is 41.9 Å². The van der Waals surface area contributed by atoms with Gasteiger partial charge in [0.25, 0.3) is 15.6 Å². The first-order valence-corrected chi connectivity index (χ1v) is 11.3. The highest BCUT2D eigenvalue weighted by atomic mass is 35.5. The topological polar surface area (TPSA) is 110 Å². The third kappa shape index (κ3) is 4.21. The standard InChI is InChI=1S/C19H12ClFN4O4S2/c20-15-8-9-16(30-15)31(28,29)24-23-19(27)25-17(11-4-2-1-3-5-11)22-14-10-12(21)6-7-13(14)18(25)26/h1-10,24H,(H,23,27). The molecule has 158 valence electrons. The molecule has 0 saturated heterocycles. The van der Waals surface area contributed by atoms with E-state index in [1.807, 2.05) is 10.3 Å². The zero-order valence-electron chi connectivity index (χ0n) is 15.4. The van der Waals surface area contributed by atoms with Crippen LogP contribution in [0.15, 0.2) is 69.7 Å². The summed E-state index contributed by atoms with van der Waals surface area (Å²) >= 11 is 6.56. The number of amides is 1. The molecule has 2 aromatic carbocycles. The SMILES string of the molecule is O=C(NNS(=O)(=O)c1ccc(Cl)s1)n1c(-c2ccccc2)nc2cc(F)ccc2c1=O. The van der Waals surface area contributed by atoms with E-state index in [4.69, 9.17) is 11.6 Å². The average Bonchev–Trinajstić information content (AvgIpc) is 3.20. The number of thiophene rings is 1. The van der Waals surface area contributed by atoms with E-state index in [1.54, 1.807) is 30.3 Å². The second-order valence-corrected chi connectivity index (χ2v) is 9.82. The summed E-state index contributed by atoms with van der Waals surface area (Å²) in [5, 5.41) is -0.0101. The number of halogens is 2. The second-order valence-electron chi connectivity index (χ2n) is 6.20. The van der Waals surface area contributed by atoms with Gasteiger partial charge in [-0.2, -0.15) is 0 Å². The lowest BCUT2D eigenvalue weighted by Crippen LogP contribution is -2.47. The van der Waals surface area contributed by atoms with E-state index in [0.717, 1.165) is 23.5 Å². The molecule has 4 rings (SSSR count). The first kappa shape index (κ1) is 21.1. The Morgan fingerprint density at radius 1 is 1.10 bits per heavy atom. The van der Waals surface area contributed by atoms with E-state index in [-0.39, 0.29) is 25.3 Å². The van der Waals surface area contributed by atoms with E-state index >= 15 is 0 Å². The molecule has 0 aliphatic rings. The average molecular weight is 479 g/mol. The minimum atomic E-state index is -4.11. The second kappa shape index (κ2) is 8.19. The summed E-state index contributed by atoms with van der Waals surface area (Å²) in [7, 11) is -4.11. The van der Waals surface area contributed by atoms with Gasteiger partial charge in [-0.15, -0.1) is 16.2 Å². The fraction of sp³-hybridized carbons (Fsp3) is 0. The van der Waals surface area contributed by atoms with E-state index in [1.165, 1.54) is 18.2 Å². The van der Waals surface area contributed by atoms with Crippen LogP contribution < -0.4 is 15.8 Å². The van der Waals surface area contributed by atoms with Gasteiger partial charge in [-0.25, -0.2) is 27.2 Å². The van der Waals surface area contributed by atoms with Crippen LogP contribution in [0.3, 0.4) is 0 Å². The van der Waals surface area contributed by atoms with Crippen molar-refractivity contribution in [2.75, 3.05) is 0 Å². The van der Waals surface area contributed by atoms with Crippen molar-refractivity contribution in [1.82, 2.24) is 19.8 Å². The number of sulfonamides is 1. The Kier molecular flexibility index (Phi) is 5.58. The highest BCUT2D eigenvalue weighted by Crippen LogP contribution is 2.25. The van der Waals surface area contributed by atoms with Crippen molar-refractivity contribution in [3.05, 3.63) is 81.2 Å². The molecule has 0 aliphatic heterocycles. The van der Waals surface area contributed by atoms with Crippen molar-refractivity contribution >= 4 is 49.9 Å². The van der Waals surface area contributed by atoms with Gasteiger partial charge >= 0.3 is 6.03 Å². The van der Waals surface area contributed by atoms with Gasteiger partial charge in [0, 0.05) is 11.6 Å². The summed E-state index contributed by atoms with van der Waals surface area (Å²) < 4.78 is 39.2. The maximum Gasteiger partial charge on any atom is 0.345 e.